The first-order valence-corrected chi connectivity index (χ1v) is 12.6. The molecule has 2 aliphatic heterocycles. The van der Waals surface area contributed by atoms with Gasteiger partial charge in [-0.25, -0.2) is 4.99 Å². The van der Waals surface area contributed by atoms with E-state index in [1.807, 2.05) is 24.3 Å². The van der Waals surface area contributed by atoms with Gasteiger partial charge in [0.25, 0.3) is 5.91 Å². The van der Waals surface area contributed by atoms with Crippen LogP contribution in [0.3, 0.4) is 0 Å². The Morgan fingerprint density at radius 3 is 2.61 bits per heavy atom. The second kappa shape index (κ2) is 9.80. The van der Waals surface area contributed by atoms with E-state index >= 15 is 0 Å². The van der Waals surface area contributed by atoms with Crippen LogP contribution in [0.15, 0.2) is 75.4 Å². The number of aliphatic imine (C=N–C) groups is 1. The number of nitrogens with one attached hydrogen (secondary N) is 1. The number of fused-ring (bicyclic) bond motifs is 2. The number of carbonyl (C=O) groups excluding carboxylic acids is 1. The lowest BCUT2D eigenvalue weighted by atomic mass is 10.1. The van der Waals surface area contributed by atoms with Crippen molar-refractivity contribution >= 4 is 52.4 Å². The highest BCUT2D eigenvalue weighted by molar-refractivity contribution is 7.99. The van der Waals surface area contributed by atoms with Gasteiger partial charge in [0, 0.05) is 50.6 Å². The summed E-state index contributed by atoms with van der Waals surface area (Å²) in [5.41, 5.74) is 3.38. The average Bonchev–Trinajstić information content (AvgIpc) is 3.00. The van der Waals surface area contributed by atoms with E-state index in [0.29, 0.717) is 22.2 Å². The Bertz CT molecular complexity index is 1240. The predicted octanol–water partition coefficient (Wildman–Crippen LogP) is 6.95. The molecule has 0 aromatic heterocycles. The van der Waals surface area contributed by atoms with Gasteiger partial charge in [0.15, 0.2) is 0 Å². The van der Waals surface area contributed by atoms with Gasteiger partial charge < -0.3 is 10.2 Å². The largest absolute Gasteiger partial charge is 0.356 e. The molecule has 2 heterocycles. The van der Waals surface area contributed by atoms with Crippen molar-refractivity contribution in [2.75, 3.05) is 13.1 Å². The average molecular weight is 496 g/mol. The molecule has 1 N–H and O–H groups in total. The second-order valence-corrected chi connectivity index (χ2v) is 10.1. The Kier molecular flexibility index (Phi) is 6.63. The smallest absolute Gasteiger partial charge is 0.251 e. The number of rotatable bonds is 3. The lowest BCUT2D eigenvalue weighted by Gasteiger charge is -2.30. The van der Waals surface area contributed by atoms with Gasteiger partial charge in [-0.05, 0) is 61.2 Å². The molecule has 0 saturated carbocycles. The fourth-order valence-corrected chi connectivity index (χ4v) is 5.63. The Labute approximate surface area is 208 Å². The molecule has 4 nitrogen and oxygen atoms in total. The highest BCUT2D eigenvalue weighted by Crippen LogP contribution is 2.41. The lowest BCUT2D eigenvalue weighted by Crippen LogP contribution is -2.36. The van der Waals surface area contributed by atoms with Crippen LogP contribution in [0.1, 0.15) is 40.7 Å². The highest BCUT2D eigenvalue weighted by atomic mass is 35.5. The molecule has 1 saturated heterocycles. The lowest BCUT2D eigenvalue weighted by molar-refractivity contribution is 0.0951. The molecule has 0 bridgehead atoms. The summed E-state index contributed by atoms with van der Waals surface area (Å²) < 4.78 is 0. The second-order valence-electron chi connectivity index (χ2n) is 8.18. The Morgan fingerprint density at radius 2 is 1.79 bits per heavy atom. The van der Waals surface area contributed by atoms with Crippen molar-refractivity contribution in [1.82, 2.24) is 10.2 Å². The zero-order chi connectivity index (χ0) is 22.8. The Balaban J connectivity index is 1.44. The zero-order valence-corrected chi connectivity index (χ0v) is 20.3. The molecule has 0 unspecified atom stereocenters. The summed E-state index contributed by atoms with van der Waals surface area (Å²) in [4.78, 5) is 22.6. The van der Waals surface area contributed by atoms with Gasteiger partial charge in [-0.1, -0.05) is 59.2 Å². The van der Waals surface area contributed by atoms with E-state index in [2.05, 4.69) is 34.5 Å². The summed E-state index contributed by atoms with van der Waals surface area (Å²) >= 11 is 13.9. The van der Waals surface area contributed by atoms with Crippen LogP contribution in [0, 0.1) is 0 Å². The van der Waals surface area contributed by atoms with E-state index in [4.69, 9.17) is 28.2 Å². The Morgan fingerprint density at radius 1 is 0.970 bits per heavy atom. The molecule has 33 heavy (non-hydrogen) atoms. The summed E-state index contributed by atoms with van der Waals surface area (Å²) in [5, 5.41) is 4.07. The van der Waals surface area contributed by atoms with Gasteiger partial charge in [-0.2, -0.15) is 0 Å². The van der Waals surface area contributed by atoms with Gasteiger partial charge in [0.1, 0.15) is 5.84 Å². The summed E-state index contributed by atoms with van der Waals surface area (Å²) in [7, 11) is 0. The number of hydrogen-bond acceptors (Lipinski definition) is 4. The molecule has 1 amide bonds. The van der Waals surface area contributed by atoms with Crippen molar-refractivity contribution in [1.29, 1.82) is 0 Å². The number of likely N-dealkylation sites (tertiary alicyclic amines) is 1. The van der Waals surface area contributed by atoms with Crippen molar-refractivity contribution in [2.24, 2.45) is 4.99 Å². The number of hydrogen-bond donors (Lipinski definition) is 1. The summed E-state index contributed by atoms with van der Waals surface area (Å²) in [6.45, 7) is 2.35. The van der Waals surface area contributed by atoms with Crippen molar-refractivity contribution < 1.29 is 4.79 Å². The molecule has 3 aromatic carbocycles. The maximum Gasteiger partial charge on any atom is 0.251 e. The summed E-state index contributed by atoms with van der Waals surface area (Å²) in [6, 6.07) is 19.4. The minimum atomic E-state index is -0.162. The molecule has 0 radical (unpaired) electrons. The molecule has 0 spiro atoms. The van der Waals surface area contributed by atoms with Crippen LogP contribution in [0.25, 0.3) is 0 Å². The van der Waals surface area contributed by atoms with Crippen LogP contribution in [0.2, 0.25) is 10.0 Å². The molecule has 1 fully saturated rings. The number of halogens is 2. The van der Waals surface area contributed by atoms with E-state index < -0.39 is 0 Å². The summed E-state index contributed by atoms with van der Waals surface area (Å²) in [6.07, 6.45) is 3.62. The van der Waals surface area contributed by atoms with Gasteiger partial charge >= 0.3 is 0 Å². The molecule has 168 valence electrons. The van der Waals surface area contributed by atoms with E-state index in [1.54, 1.807) is 23.9 Å². The third-order valence-corrected chi connectivity index (χ3v) is 7.63. The fourth-order valence-electron chi connectivity index (χ4n) is 4.15. The molecule has 7 heteroatoms. The maximum atomic E-state index is 12.9. The number of benzene rings is 3. The normalized spacial score (nSPS) is 15.2. The van der Waals surface area contributed by atoms with Gasteiger partial charge in [0.2, 0.25) is 0 Å². The quantitative estimate of drug-likeness (QED) is 0.427. The van der Waals surface area contributed by atoms with Crippen LogP contribution >= 0.6 is 35.0 Å². The first-order valence-electron chi connectivity index (χ1n) is 11.1. The molecule has 0 atom stereocenters. The first-order chi connectivity index (χ1) is 16.1. The minimum Gasteiger partial charge on any atom is -0.356 e. The molecular weight excluding hydrogens is 473 g/mol. The van der Waals surface area contributed by atoms with E-state index in [0.717, 1.165) is 40.6 Å². The monoisotopic (exact) mass is 495 g/mol. The van der Waals surface area contributed by atoms with Crippen molar-refractivity contribution in [2.45, 2.75) is 35.6 Å². The van der Waals surface area contributed by atoms with Crippen LogP contribution in [0.4, 0.5) is 5.69 Å². The van der Waals surface area contributed by atoms with Crippen molar-refractivity contribution in [3.8, 4) is 0 Å². The Hall–Kier alpha value is -2.47. The van der Waals surface area contributed by atoms with Crippen molar-refractivity contribution in [3.05, 3.63) is 87.4 Å². The first kappa shape index (κ1) is 22.3. The SMILES string of the molecule is O=C(NCc1ccc(Cl)cc1Cl)c1ccc2c(c1)N=C(N1CCCCC1)c1ccccc1S2. The van der Waals surface area contributed by atoms with E-state index in [-0.39, 0.29) is 5.91 Å². The third kappa shape index (κ3) is 4.91. The molecule has 5 rings (SSSR count). The van der Waals surface area contributed by atoms with Crippen LogP contribution in [-0.4, -0.2) is 29.7 Å². The third-order valence-electron chi connectivity index (χ3n) is 5.91. The maximum absolute atomic E-state index is 12.9. The highest BCUT2D eigenvalue weighted by Gasteiger charge is 2.23. The molecular formula is C26H23Cl2N3OS. The number of amidine groups is 1. The van der Waals surface area contributed by atoms with Gasteiger partial charge in [-0.15, -0.1) is 0 Å². The number of piperidine rings is 1. The standard InChI is InChI=1S/C26H23Cl2N3OS/c27-19-10-8-18(21(28)15-19)16-29-26(32)17-9-11-24-22(14-17)30-25(31-12-4-1-5-13-31)20-6-2-3-7-23(20)33-24/h2-3,6-11,14-15H,1,4-5,12-13,16H2,(H,29,32). The van der Waals surface area contributed by atoms with E-state index in [9.17, 15) is 4.79 Å². The number of carbonyl (C=O) groups is 1. The number of nitrogens with zero attached hydrogens (tertiary/aromatic N) is 2. The topological polar surface area (TPSA) is 44.7 Å². The van der Waals surface area contributed by atoms with Gasteiger partial charge in [-0.3, -0.25) is 4.79 Å². The van der Waals surface area contributed by atoms with E-state index in [1.165, 1.54) is 24.2 Å². The minimum absolute atomic E-state index is 0.162. The van der Waals surface area contributed by atoms with Crippen LogP contribution in [0.5, 0.6) is 0 Å². The van der Waals surface area contributed by atoms with Crippen molar-refractivity contribution in [3.63, 3.8) is 0 Å². The molecule has 3 aromatic rings. The van der Waals surface area contributed by atoms with Gasteiger partial charge in [0.05, 0.1) is 5.69 Å². The number of amides is 1. The molecule has 0 aliphatic carbocycles. The van der Waals surface area contributed by atoms with Crippen LogP contribution < -0.4 is 5.32 Å². The predicted molar refractivity (Wildman–Crippen MR) is 136 cm³/mol. The zero-order valence-electron chi connectivity index (χ0n) is 18.0. The fraction of sp³-hybridized carbons (Fsp3) is 0.231. The summed E-state index contributed by atoms with van der Waals surface area (Å²) in [5.74, 6) is 0.840. The van der Waals surface area contributed by atoms with Crippen LogP contribution in [-0.2, 0) is 6.54 Å². The molecule has 2 aliphatic rings.